The zero-order chi connectivity index (χ0) is 12.8. The minimum absolute atomic E-state index is 0.184. The molecule has 2 N–H and O–H groups in total. The summed E-state index contributed by atoms with van der Waals surface area (Å²) in [6.45, 7) is 4.04. The van der Waals surface area contributed by atoms with Crippen LogP contribution in [-0.4, -0.2) is 24.4 Å². The van der Waals surface area contributed by atoms with E-state index in [4.69, 9.17) is 0 Å². The van der Waals surface area contributed by atoms with Crippen molar-refractivity contribution >= 4 is 27.7 Å². The second-order valence-corrected chi connectivity index (χ2v) is 4.52. The van der Waals surface area contributed by atoms with Gasteiger partial charge in [0, 0.05) is 16.6 Å². The number of amides is 2. The van der Waals surface area contributed by atoms with Crippen molar-refractivity contribution in [1.82, 2.24) is 10.6 Å². The van der Waals surface area contributed by atoms with Gasteiger partial charge in [-0.05, 0) is 32.0 Å². The Balaban J connectivity index is 2.63. The quantitative estimate of drug-likeness (QED) is 0.889. The highest BCUT2D eigenvalue weighted by Gasteiger charge is 2.15. The van der Waals surface area contributed by atoms with Crippen LogP contribution in [0.25, 0.3) is 0 Å². The fraction of sp³-hybridized carbons (Fsp3) is 0.333. The Morgan fingerprint density at radius 2 is 2.12 bits per heavy atom. The van der Waals surface area contributed by atoms with Crippen LogP contribution in [-0.2, 0) is 4.79 Å². The van der Waals surface area contributed by atoms with E-state index in [-0.39, 0.29) is 11.8 Å². The van der Waals surface area contributed by atoms with Crippen LogP contribution in [0.1, 0.15) is 24.2 Å². The Hall–Kier alpha value is -1.36. The summed E-state index contributed by atoms with van der Waals surface area (Å²) in [4.78, 5) is 23.2. The van der Waals surface area contributed by atoms with Gasteiger partial charge in [-0.15, -0.1) is 0 Å². The zero-order valence-electron chi connectivity index (χ0n) is 9.79. The molecule has 1 aromatic carbocycles. The largest absolute Gasteiger partial charge is 0.355 e. The lowest BCUT2D eigenvalue weighted by atomic mass is 10.2. The van der Waals surface area contributed by atoms with Crippen molar-refractivity contribution < 1.29 is 9.59 Å². The first-order chi connectivity index (χ1) is 8.04. The van der Waals surface area contributed by atoms with Crippen LogP contribution in [0.5, 0.6) is 0 Å². The molecular weight excluding hydrogens is 284 g/mol. The summed E-state index contributed by atoms with van der Waals surface area (Å²) in [6.07, 6.45) is 0. The Morgan fingerprint density at radius 3 is 2.71 bits per heavy atom. The van der Waals surface area contributed by atoms with Gasteiger partial charge in [-0.2, -0.15) is 0 Å². The Bertz CT molecular complexity index is 421. The number of halogens is 1. The van der Waals surface area contributed by atoms with E-state index in [0.29, 0.717) is 12.1 Å². The smallest absolute Gasteiger partial charge is 0.251 e. The summed E-state index contributed by atoms with van der Waals surface area (Å²) < 4.78 is 0.829. The molecule has 0 saturated carbocycles. The molecule has 0 aliphatic heterocycles. The van der Waals surface area contributed by atoms with Gasteiger partial charge in [0.05, 0.1) is 0 Å². The van der Waals surface area contributed by atoms with Crippen LogP contribution in [0.15, 0.2) is 28.7 Å². The van der Waals surface area contributed by atoms with E-state index < -0.39 is 6.04 Å². The van der Waals surface area contributed by atoms with E-state index in [1.807, 2.05) is 13.0 Å². The second kappa shape index (κ2) is 6.39. The molecule has 0 unspecified atom stereocenters. The van der Waals surface area contributed by atoms with Crippen molar-refractivity contribution in [1.29, 1.82) is 0 Å². The molecule has 2 amide bonds. The van der Waals surface area contributed by atoms with Gasteiger partial charge >= 0.3 is 0 Å². The van der Waals surface area contributed by atoms with Crippen molar-refractivity contribution in [3.63, 3.8) is 0 Å². The van der Waals surface area contributed by atoms with Gasteiger partial charge in [0.1, 0.15) is 6.04 Å². The summed E-state index contributed by atoms with van der Waals surface area (Å²) in [5, 5.41) is 5.29. The molecule has 5 heteroatoms. The first kappa shape index (κ1) is 13.7. The van der Waals surface area contributed by atoms with Gasteiger partial charge in [0.2, 0.25) is 5.91 Å². The molecule has 0 aromatic heterocycles. The van der Waals surface area contributed by atoms with Crippen LogP contribution in [0, 0.1) is 0 Å². The Kier molecular flexibility index (Phi) is 5.15. The monoisotopic (exact) mass is 298 g/mol. The molecule has 0 aliphatic rings. The molecule has 0 aliphatic carbocycles. The molecule has 0 saturated heterocycles. The molecule has 1 aromatic rings. The van der Waals surface area contributed by atoms with E-state index in [0.717, 1.165) is 4.47 Å². The maximum Gasteiger partial charge on any atom is 0.251 e. The molecule has 0 fully saturated rings. The zero-order valence-corrected chi connectivity index (χ0v) is 11.4. The normalized spacial score (nSPS) is 11.7. The third-order valence-electron chi connectivity index (χ3n) is 2.18. The molecule has 0 spiro atoms. The van der Waals surface area contributed by atoms with Gasteiger partial charge in [-0.1, -0.05) is 22.0 Å². The highest BCUT2D eigenvalue weighted by molar-refractivity contribution is 9.10. The third kappa shape index (κ3) is 4.19. The average Bonchev–Trinajstić information content (AvgIpc) is 2.29. The van der Waals surface area contributed by atoms with Crippen LogP contribution >= 0.6 is 15.9 Å². The molecular formula is C12H15BrN2O2. The number of carbonyl (C=O) groups is 2. The predicted molar refractivity (Wildman–Crippen MR) is 69.8 cm³/mol. The highest BCUT2D eigenvalue weighted by atomic mass is 79.9. The van der Waals surface area contributed by atoms with Gasteiger partial charge in [0.25, 0.3) is 5.91 Å². The molecule has 0 radical (unpaired) electrons. The Morgan fingerprint density at radius 1 is 1.41 bits per heavy atom. The summed E-state index contributed by atoms with van der Waals surface area (Å²) in [5.74, 6) is -0.444. The number of carbonyl (C=O) groups excluding carboxylic acids is 2. The lowest BCUT2D eigenvalue weighted by Crippen LogP contribution is -2.44. The number of benzene rings is 1. The number of hydrogen-bond acceptors (Lipinski definition) is 2. The van der Waals surface area contributed by atoms with E-state index in [9.17, 15) is 9.59 Å². The van der Waals surface area contributed by atoms with Gasteiger partial charge < -0.3 is 10.6 Å². The SMILES string of the molecule is CCNC(=O)[C@@H](C)NC(=O)c1cccc(Br)c1. The van der Waals surface area contributed by atoms with E-state index >= 15 is 0 Å². The minimum Gasteiger partial charge on any atom is -0.355 e. The molecule has 1 rings (SSSR count). The minimum atomic E-state index is -0.540. The number of nitrogens with one attached hydrogen (secondary N) is 2. The van der Waals surface area contributed by atoms with Crippen LogP contribution in [0.2, 0.25) is 0 Å². The lowest BCUT2D eigenvalue weighted by Gasteiger charge is -2.13. The second-order valence-electron chi connectivity index (χ2n) is 3.60. The van der Waals surface area contributed by atoms with E-state index in [1.54, 1.807) is 25.1 Å². The van der Waals surface area contributed by atoms with Gasteiger partial charge in [0.15, 0.2) is 0 Å². The van der Waals surface area contributed by atoms with Crippen molar-refractivity contribution in [3.8, 4) is 0 Å². The molecule has 4 nitrogen and oxygen atoms in total. The predicted octanol–water partition coefficient (Wildman–Crippen LogP) is 1.70. The Labute approximate surface area is 109 Å². The number of hydrogen-bond donors (Lipinski definition) is 2. The molecule has 0 heterocycles. The maximum atomic E-state index is 11.8. The lowest BCUT2D eigenvalue weighted by molar-refractivity contribution is -0.122. The molecule has 92 valence electrons. The van der Waals surface area contributed by atoms with Crippen molar-refractivity contribution in [2.24, 2.45) is 0 Å². The van der Waals surface area contributed by atoms with Crippen LogP contribution < -0.4 is 10.6 Å². The summed E-state index contributed by atoms with van der Waals surface area (Å²) in [6, 6.07) is 6.48. The number of likely N-dealkylation sites (N-methyl/N-ethyl adjacent to an activating group) is 1. The van der Waals surface area contributed by atoms with E-state index in [1.165, 1.54) is 0 Å². The number of rotatable bonds is 4. The van der Waals surface area contributed by atoms with Crippen LogP contribution in [0.4, 0.5) is 0 Å². The molecule has 0 bridgehead atoms. The summed E-state index contributed by atoms with van der Waals surface area (Å²) >= 11 is 3.29. The van der Waals surface area contributed by atoms with Crippen molar-refractivity contribution in [2.45, 2.75) is 19.9 Å². The average molecular weight is 299 g/mol. The summed E-state index contributed by atoms with van der Waals surface area (Å²) in [5.41, 5.74) is 0.524. The van der Waals surface area contributed by atoms with Crippen molar-refractivity contribution in [3.05, 3.63) is 34.3 Å². The van der Waals surface area contributed by atoms with Gasteiger partial charge in [-0.25, -0.2) is 0 Å². The third-order valence-corrected chi connectivity index (χ3v) is 2.67. The molecule has 1 atom stereocenters. The molecule has 17 heavy (non-hydrogen) atoms. The standard InChI is InChI=1S/C12H15BrN2O2/c1-3-14-11(16)8(2)15-12(17)9-5-4-6-10(13)7-9/h4-8H,3H2,1-2H3,(H,14,16)(H,15,17)/t8-/m1/s1. The first-order valence-corrected chi connectivity index (χ1v) is 6.18. The summed E-state index contributed by atoms with van der Waals surface area (Å²) in [7, 11) is 0. The van der Waals surface area contributed by atoms with Crippen LogP contribution in [0.3, 0.4) is 0 Å². The van der Waals surface area contributed by atoms with Crippen molar-refractivity contribution in [2.75, 3.05) is 6.54 Å². The van der Waals surface area contributed by atoms with E-state index in [2.05, 4.69) is 26.6 Å². The topological polar surface area (TPSA) is 58.2 Å². The highest BCUT2D eigenvalue weighted by Crippen LogP contribution is 2.11. The maximum absolute atomic E-state index is 11.8. The first-order valence-electron chi connectivity index (χ1n) is 5.38. The van der Waals surface area contributed by atoms with Gasteiger partial charge in [-0.3, -0.25) is 9.59 Å². The fourth-order valence-electron chi connectivity index (χ4n) is 1.30. The fourth-order valence-corrected chi connectivity index (χ4v) is 1.70.